The number of nitrogens with one attached hydrogen (secondary N) is 1. The van der Waals surface area contributed by atoms with Crippen LogP contribution in [0.5, 0.6) is 0 Å². The number of aromatic nitrogens is 2. The summed E-state index contributed by atoms with van der Waals surface area (Å²) in [6.45, 7) is 8.10. The maximum absolute atomic E-state index is 13.7. The van der Waals surface area contributed by atoms with E-state index < -0.39 is 17.7 Å². The summed E-state index contributed by atoms with van der Waals surface area (Å²) in [7, 11) is 0. The zero-order valence-electron chi connectivity index (χ0n) is 20.4. The van der Waals surface area contributed by atoms with Crippen LogP contribution in [-0.2, 0) is 29.0 Å². The lowest BCUT2D eigenvalue weighted by atomic mass is 10.0. The lowest BCUT2D eigenvalue weighted by molar-refractivity contribution is -0.123. The van der Waals surface area contributed by atoms with Crippen molar-refractivity contribution in [1.29, 1.82) is 0 Å². The van der Waals surface area contributed by atoms with E-state index in [1.807, 2.05) is 68.6 Å². The van der Waals surface area contributed by atoms with Gasteiger partial charge in [0.1, 0.15) is 17.5 Å². The quantitative estimate of drug-likeness (QED) is 0.582. The predicted molar refractivity (Wildman–Crippen MR) is 134 cm³/mol. The predicted octanol–water partition coefficient (Wildman–Crippen LogP) is 3.81. The largest absolute Gasteiger partial charge is 0.444 e. The SMILES string of the molecule is Cc1nc2c(c(=O)n1C(C(=O)NCc1cccs1)c1ccccc1)CCN(C(=O)OC(C)(C)C)C2. The van der Waals surface area contributed by atoms with E-state index in [-0.39, 0.29) is 18.0 Å². The number of carbonyl (C=O) groups excluding carboxylic acids is 2. The van der Waals surface area contributed by atoms with Crippen LogP contribution in [-0.4, -0.2) is 38.6 Å². The Balaban J connectivity index is 1.67. The van der Waals surface area contributed by atoms with Gasteiger partial charge in [0.05, 0.1) is 18.8 Å². The number of nitrogens with zero attached hydrogens (tertiary/aromatic N) is 3. The summed E-state index contributed by atoms with van der Waals surface area (Å²) in [5, 5.41) is 4.93. The normalized spacial score (nSPS) is 14.2. The average molecular weight is 495 g/mol. The van der Waals surface area contributed by atoms with E-state index in [9.17, 15) is 14.4 Å². The number of rotatable bonds is 5. The Hall–Kier alpha value is -3.46. The minimum absolute atomic E-state index is 0.196. The smallest absolute Gasteiger partial charge is 0.410 e. The van der Waals surface area contributed by atoms with E-state index in [0.717, 1.165) is 4.88 Å². The number of fused-ring (bicyclic) bond motifs is 1. The summed E-state index contributed by atoms with van der Waals surface area (Å²) < 4.78 is 6.96. The van der Waals surface area contributed by atoms with Crippen LogP contribution in [0.1, 0.15) is 54.3 Å². The van der Waals surface area contributed by atoms with Crippen molar-refractivity contribution in [2.75, 3.05) is 6.54 Å². The summed E-state index contributed by atoms with van der Waals surface area (Å²) in [5.74, 6) is 0.141. The van der Waals surface area contributed by atoms with E-state index >= 15 is 0 Å². The first-order valence-electron chi connectivity index (χ1n) is 11.6. The molecule has 0 aliphatic carbocycles. The van der Waals surface area contributed by atoms with Crippen molar-refractivity contribution in [3.8, 4) is 0 Å². The third kappa shape index (κ3) is 5.62. The highest BCUT2D eigenvalue weighted by Crippen LogP contribution is 2.23. The van der Waals surface area contributed by atoms with Gasteiger partial charge in [-0.1, -0.05) is 36.4 Å². The summed E-state index contributed by atoms with van der Waals surface area (Å²) in [6, 6.07) is 12.3. The van der Waals surface area contributed by atoms with Crippen molar-refractivity contribution in [3.63, 3.8) is 0 Å². The summed E-state index contributed by atoms with van der Waals surface area (Å²) >= 11 is 1.56. The fraction of sp³-hybridized carbons (Fsp3) is 0.385. The van der Waals surface area contributed by atoms with Crippen LogP contribution in [0.15, 0.2) is 52.6 Å². The third-order valence-electron chi connectivity index (χ3n) is 5.73. The van der Waals surface area contributed by atoms with Crippen molar-refractivity contribution in [2.24, 2.45) is 0 Å². The molecule has 0 saturated carbocycles. The summed E-state index contributed by atoms with van der Waals surface area (Å²) in [5.41, 5.74) is 0.920. The van der Waals surface area contributed by atoms with Gasteiger partial charge in [-0.25, -0.2) is 9.78 Å². The van der Waals surface area contributed by atoms with Crippen LogP contribution in [0.25, 0.3) is 0 Å². The molecule has 0 saturated heterocycles. The minimum atomic E-state index is -0.856. The Bertz CT molecular complexity index is 1260. The molecule has 35 heavy (non-hydrogen) atoms. The zero-order valence-corrected chi connectivity index (χ0v) is 21.2. The molecule has 0 bridgehead atoms. The Morgan fingerprint density at radius 3 is 2.57 bits per heavy atom. The fourth-order valence-corrected chi connectivity index (χ4v) is 4.79. The third-order valence-corrected chi connectivity index (χ3v) is 6.61. The van der Waals surface area contributed by atoms with Gasteiger partial charge in [0.15, 0.2) is 0 Å². The number of aryl methyl sites for hydroxylation is 1. The number of benzene rings is 1. The Morgan fingerprint density at radius 2 is 1.91 bits per heavy atom. The van der Waals surface area contributed by atoms with Gasteiger partial charge in [-0.15, -0.1) is 11.3 Å². The van der Waals surface area contributed by atoms with Crippen molar-refractivity contribution in [2.45, 2.75) is 58.8 Å². The monoisotopic (exact) mass is 494 g/mol. The number of thiophene rings is 1. The number of carbonyl (C=O) groups is 2. The van der Waals surface area contributed by atoms with Crippen LogP contribution in [0.4, 0.5) is 4.79 Å². The molecule has 2 aromatic heterocycles. The lowest BCUT2D eigenvalue weighted by Crippen LogP contribution is -2.45. The second kappa shape index (κ2) is 10.0. The highest BCUT2D eigenvalue weighted by Gasteiger charge is 2.32. The van der Waals surface area contributed by atoms with Gasteiger partial charge >= 0.3 is 6.09 Å². The lowest BCUT2D eigenvalue weighted by Gasteiger charge is -2.31. The highest BCUT2D eigenvalue weighted by atomic mass is 32.1. The van der Waals surface area contributed by atoms with Gasteiger partial charge in [-0.05, 0) is 51.1 Å². The number of hydrogen-bond acceptors (Lipinski definition) is 6. The molecule has 1 N–H and O–H groups in total. The molecule has 9 heteroatoms. The Kier molecular flexibility index (Phi) is 7.07. The second-order valence-corrected chi connectivity index (χ2v) is 10.6. The Morgan fingerprint density at radius 1 is 1.17 bits per heavy atom. The second-order valence-electron chi connectivity index (χ2n) is 9.52. The molecule has 2 amide bonds. The van der Waals surface area contributed by atoms with E-state index in [4.69, 9.17) is 4.74 Å². The zero-order chi connectivity index (χ0) is 25.2. The molecule has 184 valence electrons. The standard InChI is InChI=1S/C26H30N4O4S/c1-17-28-21-16-29(25(33)34-26(2,3)4)13-12-20(21)24(32)30(17)22(18-9-6-5-7-10-18)23(31)27-15-19-11-8-14-35-19/h5-11,14,22H,12-13,15-16H2,1-4H3,(H,27,31). The molecular formula is C26H30N4O4S. The molecule has 1 aliphatic heterocycles. The Labute approximate surface area is 208 Å². The molecule has 3 heterocycles. The molecule has 4 rings (SSSR count). The first-order chi connectivity index (χ1) is 16.6. The minimum Gasteiger partial charge on any atom is -0.444 e. The maximum atomic E-state index is 13.7. The van der Waals surface area contributed by atoms with Crippen LogP contribution in [0.3, 0.4) is 0 Å². The van der Waals surface area contributed by atoms with Gasteiger partial charge in [0.2, 0.25) is 5.91 Å². The van der Waals surface area contributed by atoms with E-state index in [1.165, 1.54) is 4.57 Å². The van der Waals surface area contributed by atoms with E-state index in [2.05, 4.69) is 10.3 Å². The molecule has 1 atom stereocenters. The molecule has 0 fully saturated rings. The van der Waals surface area contributed by atoms with Crippen LogP contribution in [0.2, 0.25) is 0 Å². The van der Waals surface area contributed by atoms with Crippen LogP contribution in [0, 0.1) is 6.92 Å². The average Bonchev–Trinajstić information content (AvgIpc) is 3.33. The van der Waals surface area contributed by atoms with Gasteiger partial charge in [0.25, 0.3) is 5.56 Å². The molecular weight excluding hydrogens is 464 g/mol. The van der Waals surface area contributed by atoms with E-state index in [1.54, 1.807) is 23.2 Å². The molecule has 1 aromatic carbocycles. The molecule has 0 radical (unpaired) electrons. The molecule has 1 aliphatic rings. The molecule has 0 spiro atoms. The van der Waals surface area contributed by atoms with Crippen molar-refractivity contribution in [3.05, 3.63) is 85.7 Å². The molecule has 8 nitrogen and oxygen atoms in total. The summed E-state index contributed by atoms with van der Waals surface area (Å²) in [4.78, 5) is 46.9. The maximum Gasteiger partial charge on any atom is 0.410 e. The van der Waals surface area contributed by atoms with Gasteiger partial charge in [-0.2, -0.15) is 0 Å². The van der Waals surface area contributed by atoms with Crippen molar-refractivity contribution >= 4 is 23.3 Å². The van der Waals surface area contributed by atoms with Crippen LogP contribution < -0.4 is 10.9 Å². The van der Waals surface area contributed by atoms with E-state index in [0.29, 0.717) is 42.2 Å². The first kappa shape index (κ1) is 24.7. The van der Waals surface area contributed by atoms with Gasteiger partial charge in [0, 0.05) is 17.0 Å². The number of amides is 2. The van der Waals surface area contributed by atoms with Crippen molar-refractivity contribution < 1.29 is 14.3 Å². The first-order valence-corrected chi connectivity index (χ1v) is 12.5. The highest BCUT2D eigenvalue weighted by molar-refractivity contribution is 7.09. The van der Waals surface area contributed by atoms with Crippen LogP contribution >= 0.6 is 11.3 Å². The fourth-order valence-electron chi connectivity index (χ4n) is 4.14. The molecule has 3 aromatic rings. The van der Waals surface area contributed by atoms with Gasteiger partial charge in [-0.3, -0.25) is 14.2 Å². The number of hydrogen-bond donors (Lipinski definition) is 1. The number of ether oxygens (including phenoxy) is 1. The summed E-state index contributed by atoms with van der Waals surface area (Å²) in [6.07, 6.45) is -0.0826. The molecule has 1 unspecified atom stereocenters. The topological polar surface area (TPSA) is 93.5 Å². The van der Waals surface area contributed by atoms with Gasteiger partial charge < -0.3 is 15.0 Å². The van der Waals surface area contributed by atoms with Crippen molar-refractivity contribution in [1.82, 2.24) is 19.8 Å².